The first-order valence-electron chi connectivity index (χ1n) is 6.34. The van der Waals surface area contributed by atoms with Crippen molar-refractivity contribution < 1.29 is 4.74 Å². The lowest BCUT2D eigenvalue weighted by atomic mass is 10.1. The second kappa shape index (κ2) is 5.45. The molecule has 1 N–H and O–H groups in total. The lowest BCUT2D eigenvalue weighted by Crippen LogP contribution is -2.07. The number of hydrogen-bond donors (Lipinski definition) is 1. The molecule has 0 spiro atoms. The van der Waals surface area contributed by atoms with E-state index in [1.807, 2.05) is 54.6 Å². The normalized spacial score (nSPS) is 10.2. The van der Waals surface area contributed by atoms with Crippen LogP contribution >= 0.6 is 0 Å². The van der Waals surface area contributed by atoms with E-state index in [2.05, 4.69) is 4.98 Å². The van der Waals surface area contributed by atoms with Gasteiger partial charge in [-0.1, -0.05) is 36.4 Å². The fourth-order valence-corrected chi connectivity index (χ4v) is 2.03. The third kappa shape index (κ3) is 2.47. The van der Waals surface area contributed by atoms with Gasteiger partial charge >= 0.3 is 0 Å². The summed E-state index contributed by atoms with van der Waals surface area (Å²) in [4.78, 5) is 14.6. The Labute approximate surface area is 116 Å². The molecule has 3 rings (SSSR count). The topological polar surface area (TPSA) is 42.1 Å². The highest BCUT2D eigenvalue weighted by Gasteiger charge is 2.09. The second-order valence-corrected chi connectivity index (χ2v) is 4.32. The Balaban J connectivity index is 2.06. The number of para-hydroxylation sites is 2. The summed E-state index contributed by atoms with van der Waals surface area (Å²) in [6, 6.07) is 20.6. The van der Waals surface area contributed by atoms with Crippen molar-refractivity contribution in [2.45, 2.75) is 0 Å². The van der Waals surface area contributed by atoms with Crippen LogP contribution in [0.4, 0.5) is 0 Å². The highest BCUT2D eigenvalue weighted by atomic mass is 16.5. The number of aromatic nitrogens is 1. The van der Waals surface area contributed by atoms with E-state index in [0.717, 1.165) is 11.3 Å². The van der Waals surface area contributed by atoms with Crippen LogP contribution in [-0.4, -0.2) is 4.98 Å². The van der Waals surface area contributed by atoms with Gasteiger partial charge in [-0.25, -0.2) is 0 Å². The Morgan fingerprint density at radius 2 is 1.45 bits per heavy atom. The SMILES string of the molecule is O=c1[nH]cccc1-c1ccccc1Oc1ccccc1. The van der Waals surface area contributed by atoms with Crippen LogP contribution in [0.1, 0.15) is 0 Å². The smallest absolute Gasteiger partial charge is 0.255 e. The highest BCUT2D eigenvalue weighted by molar-refractivity contribution is 5.69. The van der Waals surface area contributed by atoms with E-state index in [0.29, 0.717) is 11.3 Å². The predicted molar refractivity (Wildman–Crippen MR) is 79.0 cm³/mol. The van der Waals surface area contributed by atoms with Crippen molar-refractivity contribution in [2.75, 3.05) is 0 Å². The summed E-state index contributed by atoms with van der Waals surface area (Å²) < 4.78 is 5.87. The molecule has 0 saturated carbocycles. The number of hydrogen-bond acceptors (Lipinski definition) is 2. The van der Waals surface area contributed by atoms with Crippen molar-refractivity contribution in [1.82, 2.24) is 4.98 Å². The van der Waals surface area contributed by atoms with Crippen LogP contribution in [0, 0.1) is 0 Å². The summed E-state index contributed by atoms with van der Waals surface area (Å²) in [7, 11) is 0. The minimum atomic E-state index is -0.128. The molecule has 0 aliphatic rings. The molecule has 3 nitrogen and oxygen atoms in total. The zero-order valence-electron chi connectivity index (χ0n) is 10.7. The minimum Gasteiger partial charge on any atom is -0.457 e. The van der Waals surface area contributed by atoms with Gasteiger partial charge in [0.1, 0.15) is 11.5 Å². The molecule has 20 heavy (non-hydrogen) atoms. The third-order valence-electron chi connectivity index (χ3n) is 2.97. The fourth-order valence-electron chi connectivity index (χ4n) is 2.03. The number of nitrogens with one attached hydrogen (secondary N) is 1. The Morgan fingerprint density at radius 1 is 0.750 bits per heavy atom. The van der Waals surface area contributed by atoms with Gasteiger partial charge in [0, 0.05) is 11.8 Å². The van der Waals surface area contributed by atoms with Crippen LogP contribution in [-0.2, 0) is 0 Å². The van der Waals surface area contributed by atoms with Crippen molar-refractivity contribution in [3.05, 3.63) is 83.3 Å². The van der Waals surface area contributed by atoms with Crippen LogP contribution in [0.2, 0.25) is 0 Å². The third-order valence-corrected chi connectivity index (χ3v) is 2.97. The number of pyridine rings is 1. The average molecular weight is 263 g/mol. The lowest BCUT2D eigenvalue weighted by molar-refractivity contribution is 0.484. The monoisotopic (exact) mass is 263 g/mol. The average Bonchev–Trinajstić information content (AvgIpc) is 2.50. The van der Waals surface area contributed by atoms with E-state index >= 15 is 0 Å². The second-order valence-electron chi connectivity index (χ2n) is 4.32. The van der Waals surface area contributed by atoms with Crippen LogP contribution in [0.3, 0.4) is 0 Å². The molecule has 1 heterocycles. The number of aromatic amines is 1. The van der Waals surface area contributed by atoms with Crippen molar-refractivity contribution in [2.24, 2.45) is 0 Å². The summed E-state index contributed by atoms with van der Waals surface area (Å²) >= 11 is 0. The Bertz CT molecular complexity index is 763. The molecule has 3 aromatic rings. The van der Waals surface area contributed by atoms with Crippen LogP contribution in [0.5, 0.6) is 11.5 Å². The molecule has 0 unspecified atom stereocenters. The zero-order chi connectivity index (χ0) is 13.8. The Morgan fingerprint density at radius 3 is 2.25 bits per heavy atom. The maximum absolute atomic E-state index is 11.9. The van der Waals surface area contributed by atoms with Gasteiger partial charge < -0.3 is 9.72 Å². The highest BCUT2D eigenvalue weighted by Crippen LogP contribution is 2.31. The molecule has 0 amide bonds. The minimum absolute atomic E-state index is 0.128. The number of ether oxygens (including phenoxy) is 1. The quantitative estimate of drug-likeness (QED) is 0.780. The van der Waals surface area contributed by atoms with Gasteiger partial charge in [-0.3, -0.25) is 4.79 Å². The number of H-pyrrole nitrogens is 1. The zero-order valence-corrected chi connectivity index (χ0v) is 10.7. The van der Waals surface area contributed by atoms with Gasteiger partial charge in [0.15, 0.2) is 0 Å². The molecule has 0 bridgehead atoms. The van der Waals surface area contributed by atoms with Gasteiger partial charge in [-0.15, -0.1) is 0 Å². The summed E-state index contributed by atoms with van der Waals surface area (Å²) in [5.74, 6) is 1.41. The standard InChI is InChI=1S/C17H13NO2/c19-17-15(10-6-12-18-17)14-9-4-5-11-16(14)20-13-7-2-1-3-8-13/h1-12H,(H,18,19). The molecular weight excluding hydrogens is 250 g/mol. The molecule has 2 aromatic carbocycles. The van der Waals surface area contributed by atoms with Crippen molar-refractivity contribution in [1.29, 1.82) is 0 Å². The van der Waals surface area contributed by atoms with E-state index in [-0.39, 0.29) is 5.56 Å². The number of benzene rings is 2. The molecule has 0 saturated heterocycles. The van der Waals surface area contributed by atoms with E-state index in [4.69, 9.17) is 4.74 Å². The molecule has 98 valence electrons. The molecule has 0 atom stereocenters. The first-order valence-corrected chi connectivity index (χ1v) is 6.34. The summed E-state index contributed by atoms with van der Waals surface area (Å²) in [5, 5.41) is 0. The molecule has 0 fully saturated rings. The Hall–Kier alpha value is -2.81. The van der Waals surface area contributed by atoms with Gasteiger partial charge in [-0.2, -0.15) is 0 Å². The lowest BCUT2D eigenvalue weighted by Gasteiger charge is -2.10. The van der Waals surface area contributed by atoms with Crippen LogP contribution in [0.25, 0.3) is 11.1 Å². The fraction of sp³-hybridized carbons (Fsp3) is 0. The molecule has 0 radical (unpaired) electrons. The van der Waals surface area contributed by atoms with Gasteiger partial charge in [0.25, 0.3) is 5.56 Å². The van der Waals surface area contributed by atoms with Crippen LogP contribution < -0.4 is 10.3 Å². The van der Waals surface area contributed by atoms with E-state index in [1.54, 1.807) is 18.3 Å². The van der Waals surface area contributed by atoms with Crippen molar-refractivity contribution in [3.63, 3.8) is 0 Å². The van der Waals surface area contributed by atoms with E-state index in [9.17, 15) is 4.79 Å². The van der Waals surface area contributed by atoms with Crippen molar-refractivity contribution in [3.8, 4) is 22.6 Å². The molecular formula is C17H13NO2. The molecule has 3 heteroatoms. The molecule has 1 aromatic heterocycles. The molecule has 0 aliphatic carbocycles. The van der Waals surface area contributed by atoms with E-state index in [1.165, 1.54) is 0 Å². The first-order chi connectivity index (χ1) is 9.84. The first kappa shape index (κ1) is 12.2. The predicted octanol–water partition coefficient (Wildman–Crippen LogP) is 3.83. The summed E-state index contributed by atoms with van der Waals surface area (Å²) in [5.41, 5.74) is 1.24. The van der Waals surface area contributed by atoms with Gasteiger partial charge in [0.05, 0.1) is 5.56 Å². The maximum Gasteiger partial charge on any atom is 0.255 e. The van der Waals surface area contributed by atoms with Gasteiger partial charge in [-0.05, 0) is 30.3 Å². The summed E-state index contributed by atoms with van der Waals surface area (Å²) in [6.07, 6.45) is 1.62. The largest absolute Gasteiger partial charge is 0.457 e. The Kier molecular flexibility index (Phi) is 3.33. The maximum atomic E-state index is 11.9. The van der Waals surface area contributed by atoms with Gasteiger partial charge in [0.2, 0.25) is 0 Å². The van der Waals surface area contributed by atoms with Crippen molar-refractivity contribution >= 4 is 0 Å². The number of rotatable bonds is 3. The van der Waals surface area contributed by atoms with Crippen LogP contribution in [0.15, 0.2) is 77.7 Å². The molecule has 0 aliphatic heterocycles. The van der Waals surface area contributed by atoms with E-state index < -0.39 is 0 Å². The summed E-state index contributed by atoms with van der Waals surface area (Å²) in [6.45, 7) is 0.